The Hall–Kier alpha value is -1.92. The maximum Gasteiger partial charge on any atom is 0.223 e. The zero-order chi connectivity index (χ0) is 17.5. The zero-order valence-electron chi connectivity index (χ0n) is 13.9. The van der Waals surface area contributed by atoms with Crippen molar-refractivity contribution in [1.82, 2.24) is 15.2 Å². The van der Waals surface area contributed by atoms with Crippen molar-refractivity contribution in [2.75, 3.05) is 13.6 Å². The van der Waals surface area contributed by atoms with Crippen molar-refractivity contribution >= 4 is 21.8 Å². The Morgan fingerprint density at radius 2 is 2.04 bits per heavy atom. The van der Waals surface area contributed by atoms with Crippen LogP contribution in [0.2, 0.25) is 0 Å². The van der Waals surface area contributed by atoms with Crippen LogP contribution >= 0.6 is 15.9 Å². The second kappa shape index (κ2) is 8.80. The van der Waals surface area contributed by atoms with Gasteiger partial charge in [-0.2, -0.15) is 0 Å². The molecular formula is C18H22BrN3O2. The average molecular weight is 392 g/mol. The molecule has 5 nitrogen and oxygen atoms in total. The molecule has 0 bridgehead atoms. The summed E-state index contributed by atoms with van der Waals surface area (Å²) in [5.41, 5.74) is 2.54. The second-order valence-electron chi connectivity index (χ2n) is 5.69. The zero-order valence-corrected chi connectivity index (χ0v) is 15.5. The van der Waals surface area contributed by atoms with E-state index in [9.17, 15) is 9.90 Å². The highest BCUT2D eigenvalue weighted by Gasteiger charge is 2.11. The molecule has 128 valence electrons. The van der Waals surface area contributed by atoms with E-state index in [0.717, 1.165) is 15.7 Å². The van der Waals surface area contributed by atoms with Crippen LogP contribution in [0.1, 0.15) is 23.4 Å². The largest absolute Gasteiger partial charge is 0.506 e. The quantitative estimate of drug-likeness (QED) is 0.711. The summed E-state index contributed by atoms with van der Waals surface area (Å²) >= 11 is 3.50. The number of hydrogen-bond donors (Lipinski definition) is 2. The number of benzene rings is 1. The monoisotopic (exact) mass is 391 g/mol. The maximum absolute atomic E-state index is 12.2. The predicted octanol–water partition coefficient (Wildman–Crippen LogP) is 3.00. The molecular weight excluding hydrogens is 370 g/mol. The van der Waals surface area contributed by atoms with E-state index in [1.807, 2.05) is 31.2 Å². The summed E-state index contributed by atoms with van der Waals surface area (Å²) in [5, 5.41) is 12.9. The van der Waals surface area contributed by atoms with E-state index in [0.29, 0.717) is 31.7 Å². The number of pyridine rings is 1. The molecule has 1 heterocycles. The highest BCUT2D eigenvalue weighted by molar-refractivity contribution is 9.10. The summed E-state index contributed by atoms with van der Waals surface area (Å²) in [4.78, 5) is 18.2. The van der Waals surface area contributed by atoms with Gasteiger partial charge in [0.25, 0.3) is 0 Å². The molecule has 2 rings (SSSR count). The Balaban J connectivity index is 1.76. The standard InChI is InChI=1S/C18H22BrN3O2/c1-13-7-8-17(23)16(21-13)11-20-10-9-18(24)22(2)12-14-5-3-4-6-15(14)19/h3-8,20,23H,9-12H2,1-2H3. The van der Waals surface area contributed by atoms with Crippen LogP contribution in [0.3, 0.4) is 0 Å². The first-order valence-electron chi connectivity index (χ1n) is 7.81. The van der Waals surface area contributed by atoms with Gasteiger partial charge in [0.05, 0.1) is 5.69 Å². The summed E-state index contributed by atoms with van der Waals surface area (Å²) < 4.78 is 1.00. The number of carbonyl (C=O) groups excluding carboxylic acids is 1. The predicted molar refractivity (Wildman–Crippen MR) is 97.6 cm³/mol. The molecule has 0 spiro atoms. The minimum atomic E-state index is 0.0691. The number of carbonyl (C=O) groups is 1. The van der Waals surface area contributed by atoms with Crippen molar-refractivity contribution in [3.63, 3.8) is 0 Å². The Bertz CT molecular complexity index is 706. The molecule has 0 saturated heterocycles. The van der Waals surface area contributed by atoms with Crippen LogP contribution in [-0.2, 0) is 17.9 Å². The number of amides is 1. The fourth-order valence-electron chi connectivity index (χ4n) is 2.30. The molecule has 0 unspecified atom stereocenters. The number of rotatable bonds is 7. The fraction of sp³-hybridized carbons (Fsp3) is 0.333. The van der Waals surface area contributed by atoms with E-state index in [2.05, 4.69) is 26.2 Å². The molecule has 0 saturated carbocycles. The van der Waals surface area contributed by atoms with Gasteiger partial charge >= 0.3 is 0 Å². The van der Waals surface area contributed by atoms with Crippen LogP contribution in [0.15, 0.2) is 40.9 Å². The Labute approximate surface area is 150 Å². The van der Waals surface area contributed by atoms with E-state index in [4.69, 9.17) is 0 Å². The number of aromatic nitrogens is 1. The third kappa shape index (κ3) is 5.32. The van der Waals surface area contributed by atoms with E-state index >= 15 is 0 Å². The van der Waals surface area contributed by atoms with E-state index in [1.54, 1.807) is 24.1 Å². The summed E-state index contributed by atoms with van der Waals surface area (Å²) in [7, 11) is 1.80. The minimum Gasteiger partial charge on any atom is -0.506 e. The van der Waals surface area contributed by atoms with Gasteiger partial charge in [0.1, 0.15) is 5.75 Å². The van der Waals surface area contributed by atoms with E-state index < -0.39 is 0 Å². The van der Waals surface area contributed by atoms with Crippen LogP contribution in [0.5, 0.6) is 5.75 Å². The molecule has 1 amide bonds. The van der Waals surface area contributed by atoms with Crippen molar-refractivity contribution in [1.29, 1.82) is 0 Å². The lowest BCUT2D eigenvalue weighted by Gasteiger charge is -2.18. The van der Waals surface area contributed by atoms with Crippen molar-refractivity contribution in [2.45, 2.75) is 26.4 Å². The summed E-state index contributed by atoms with van der Waals surface area (Å²) in [6.07, 6.45) is 0.396. The minimum absolute atomic E-state index is 0.0691. The van der Waals surface area contributed by atoms with Crippen LogP contribution < -0.4 is 5.32 Å². The topological polar surface area (TPSA) is 65.5 Å². The molecule has 0 radical (unpaired) electrons. The SMILES string of the molecule is Cc1ccc(O)c(CNCCC(=O)N(C)Cc2ccccc2Br)n1. The second-order valence-corrected chi connectivity index (χ2v) is 6.54. The third-order valence-corrected chi connectivity index (χ3v) is 4.46. The Morgan fingerprint density at radius 3 is 2.79 bits per heavy atom. The number of aromatic hydroxyl groups is 1. The van der Waals surface area contributed by atoms with Gasteiger partial charge in [0.15, 0.2) is 0 Å². The van der Waals surface area contributed by atoms with Crippen LogP contribution in [-0.4, -0.2) is 34.5 Å². The first kappa shape index (κ1) is 18.4. The van der Waals surface area contributed by atoms with Crippen LogP contribution in [0.4, 0.5) is 0 Å². The van der Waals surface area contributed by atoms with Crippen molar-refractivity contribution in [2.24, 2.45) is 0 Å². The lowest BCUT2D eigenvalue weighted by molar-refractivity contribution is -0.130. The summed E-state index contributed by atoms with van der Waals surface area (Å²) in [6, 6.07) is 11.3. The van der Waals surface area contributed by atoms with Gasteiger partial charge < -0.3 is 15.3 Å². The lowest BCUT2D eigenvalue weighted by Crippen LogP contribution is -2.29. The van der Waals surface area contributed by atoms with E-state index in [-0.39, 0.29) is 11.7 Å². The van der Waals surface area contributed by atoms with Gasteiger partial charge in [-0.25, -0.2) is 0 Å². The molecule has 2 N–H and O–H groups in total. The van der Waals surface area contributed by atoms with Crippen molar-refractivity contribution < 1.29 is 9.90 Å². The van der Waals surface area contributed by atoms with Gasteiger partial charge in [-0.1, -0.05) is 34.1 Å². The number of nitrogens with zero attached hydrogens (tertiary/aromatic N) is 2. The van der Waals surface area contributed by atoms with Crippen LogP contribution in [0.25, 0.3) is 0 Å². The number of aryl methyl sites for hydroxylation is 1. The molecule has 0 aliphatic rings. The van der Waals surface area contributed by atoms with Gasteiger partial charge in [0, 0.05) is 43.3 Å². The normalized spacial score (nSPS) is 10.6. The Morgan fingerprint density at radius 1 is 1.29 bits per heavy atom. The molecule has 1 aromatic heterocycles. The first-order valence-corrected chi connectivity index (χ1v) is 8.60. The molecule has 1 aromatic carbocycles. The molecule has 2 aromatic rings. The number of hydrogen-bond acceptors (Lipinski definition) is 4. The van der Waals surface area contributed by atoms with E-state index in [1.165, 1.54) is 0 Å². The van der Waals surface area contributed by atoms with Gasteiger partial charge in [0.2, 0.25) is 5.91 Å². The molecule has 24 heavy (non-hydrogen) atoms. The summed E-state index contributed by atoms with van der Waals surface area (Å²) in [5.74, 6) is 0.241. The first-order chi connectivity index (χ1) is 11.5. The average Bonchev–Trinajstić information content (AvgIpc) is 2.56. The summed E-state index contributed by atoms with van der Waals surface area (Å²) in [6.45, 7) is 3.42. The van der Waals surface area contributed by atoms with Crippen molar-refractivity contribution in [3.8, 4) is 5.75 Å². The van der Waals surface area contributed by atoms with Gasteiger partial charge in [-0.3, -0.25) is 9.78 Å². The molecule has 0 atom stereocenters. The lowest BCUT2D eigenvalue weighted by atomic mass is 10.2. The number of nitrogens with one attached hydrogen (secondary N) is 1. The smallest absolute Gasteiger partial charge is 0.223 e. The van der Waals surface area contributed by atoms with Crippen molar-refractivity contribution in [3.05, 3.63) is 57.8 Å². The highest BCUT2D eigenvalue weighted by atomic mass is 79.9. The Kier molecular flexibility index (Phi) is 6.75. The molecule has 0 aliphatic carbocycles. The molecule has 6 heteroatoms. The van der Waals surface area contributed by atoms with Gasteiger partial charge in [-0.05, 0) is 30.7 Å². The molecule has 0 fully saturated rings. The fourth-order valence-corrected chi connectivity index (χ4v) is 2.71. The van der Waals surface area contributed by atoms with Gasteiger partial charge in [-0.15, -0.1) is 0 Å². The maximum atomic E-state index is 12.2. The molecule has 0 aliphatic heterocycles. The third-order valence-electron chi connectivity index (χ3n) is 3.69. The highest BCUT2D eigenvalue weighted by Crippen LogP contribution is 2.17. The number of halogens is 1. The van der Waals surface area contributed by atoms with Crippen LogP contribution in [0, 0.1) is 6.92 Å².